The second kappa shape index (κ2) is 12.4. The van der Waals surface area contributed by atoms with Gasteiger partial charge >= 0.3 is 0 Å². The second-order valence-electron chi connectivity index (χ2n) is 11.6. The van der Waals surface area contributed by atoms with Gasteiger partial charge in [0, 0.05) is 22.8 Å². The van der Waals surface area contributed by atoms with E-state index in [9.17, 15) is 18.0 Å². The summed E-state index contributed by atoms with van der Waals surface area (Å²) in [5.41, 5.74) is 3.03. The van der Waals surface area contributed by atoms with Gasteiger partial charge in [-0.2, -0.15) is 0 Å². The molecule has 0 unspecified atom stereocenters. The predicted octanol–water partition coefficient (Wildman–Crippen LogP) is 5.20. The number of nitrogens with one attached hydrogen (secondary N) is 1. The predicted molar refractivity (Wildman–Crippen MR) is 177 cm³/mol. The zero-order valence-corrected chi connectivity index (χ0v) is 27.8. The van der Waals surface area contributed by atoms with Crippen LogP contribution in [0.3, 0.4) is 0 Å². The highest BCUT2D eigenvalue weighted by Gasteiger charge is 2.55. The monoisotopic (exact) mass is 659 g/mol. The summed E-state index contributed by atoms with van der Waals surface area (Å²) in [6.45, 7) is 6.56. The van der Waals surface area contributed by atoms with Gasteiger partial charge in [-0.05, 0) is 75.1 Å². The molecule has 0 spiro atoms. The summed E-state index contributed by atoms with van der Waals surface area (Å²) in [4.78, 5) is 33.7. The molecule has 0 atom stereocenters. The van der Waals surface area contributed by atoms with Crippen LogP contribution in [-0.2, 0) is 32.5 Å². The van der Waals surface area contributed by atoms with Crippen LogP contribution >= 0.6 is 0 Å². The molecule has 4 aromatic rings. The van der Waals surface area contributed by atoms with Crippen molar-refractivity contribution in [1.82, 2.24) is 9.71 Å². The van der Waals surface area contributed by atoms with Crippen molar-refractivity contribution in [2.75, 3.05) is 32.3 Å². The number of carbonyl (C=O) groups is 2. The summed E-state index contributed by atoms with van der Waals surface area (Å²) in [6.07, 6.45) is 2.61. The van der Waals surface area contributed by atoms with Gasteiger partial charge in [0.2, 0.25) is 15.9 Å². The normalized spacial score (nSPS) is 14.9. The lowest BCUT2D eigenvalue weighted by atomic mass is 9.93. The van der Waals surface area contributed by atoms with E-state index < -0.39 is 27.1 Å². The van der Waals surface area contributed by atoms with Crippen molar-refractivity contribution in [3.63, 3.8) is 0 Å². The minimum absolute atomic E-state index is 0.235. The quantitative estimate of drug-likeness (QED) is 0.218. The highest BCUT2D eigenvalue weighted by atomic mass is 32.2. The molecule has 2 heterocycles. The molecule has 1 fully saturated rings. The average Bonchev–Trinajstić information content (AvgIpc) is 3.79. The highest BCUT2D eigenvalue weighted by Crippen LogP contribution is 2.55. The lowest BCUT2D eigenvalue weighted by Gasteiger charge is -2.21. The summed E-state index contributed by atoms with van der Waals surface area (Å²) in [5, 5.41) is 0.697. The van der Waals surface area contributed by atoms with E-state index in [2.05, 4.69) is 9.71 Å². The molecule has 11 nitrogen and oxygen atoms in total. The van der Waals surface area contributed by atoms with Crippen LogP contribution < -0.4 is 28.6 Å². The van der Waals surface area contributed by atoms with E-state index in [1.54, 1.807) is 53.6 Å². The van der Waals surface area contributed by atoms with E-state index in [-0.39, 0.29) is 12.5 Å². The van der Waals surface area contributed by atoms with E-state index in [0.29, 0.717) is 93.5 Å². The number of ether oxygens (including phenoxy) is 4. The van der Waals surface area contributed by atoms with Crippen LogP contribution in [0.5, 0.6) is 23.0 Å². The van der Waals surface area contributed by atoms with Crippen LogP contribution in [0.4, 0.5) is 5.69 Å². The number of pyridine rings is 1. The van der Waals surface area contributed by atoms with Gasteiger partial charge in [0.05, 0.1) is 56.3 Å². The van der Waals surface area contributed by atoms with Crippen molar-refractivity contribution in [3.8, 4) is 23.0 Å². The Bertz CT molecular complexity index is 1980. The van der Waals surface area contributed by atoms with E-state index in [1.807, 2.05) is 26.8 Å². The van der Waals surface area contributed by atoms with Gasteiger partial charge in [-0.1, -0.05) is 18.2 Å². The van der Waals surface area contributed by atoms with Crippen LogP contribution in [0.2, 0.25) is 0 Å². The zero-order valence-electron chi connectivity index (χ0n) is 27.0. The van der Waals surface area contributed by atoms with Crippen molar-refractivity contribution in [1.29, 1.82) is 0 Å². The van der Waals surface area contributed by atoms with E-state index >= 15 is 0 Å². The molecule has 0 saturated heterocycles. The first-order valence-electron chi connectivity index (χ1n) is 15.5. The topological polar surface area (TPSA) is 133 Å². The third kappa shape index (κ3) is 5.60. The van der Waals surface area contributed by atoms with E-state index in [0.717, 1.165) is 0 Å². The largest absolute Gasteiger partial charge is 0.496 e. The lowest BCUT2D eigenvalue weighted by molar-refractivity contribution is -0.121. The highest BCUT2D eigenvalue weighted by molar-refractivity contribution is 7.89. The Morgan fingerprint density at radius 3 is 2.28 bits per heavy atom. The standard InChI is InChI=1S/C35H37N3O8S/c1-6-45-31-23-10-9-17-36-30(23)32(46-7-2)24-19-38(33(39)28(24)31)25-14-13-22(18-21(25)3)20-47(41,42)37-34(40)35(15-16-35)29-26(43-4)11-8-12-27(29)44-5/h8-14,17-18H,6-7,15-16,19-20H2,1-5H3,(H,37,40). The Kier molecular flexibility index (Phi) is 8.47. The number of hydrogen-bond acceptors (Lipinski definition) is 9. The molecule has 1 N–H and O–H groups in total. The van der Waals surface area contributed by atoms with Crippen molar-refractivity contribution >= 4 is 38.4 Å². The number of carbonyl (C=O) groups excluding carboxylic acids is 2. The number of amides is 2. The molecule has 1 aliphatic heterocycles. The van der Waals surface area contributed by atoms with Gasteiger partial charge in [0.1, 0.15) is 22.8 Å². The zero-order chi connectivity index (χ0) is 33.5. The van der Waals surface area contributed by atoms with Gasteiger partial charge in [-0.15, -0.1) is 0 Å². The van der Waals surface area contributed by atoms with Crippen LogP contribution in [0.1, 0.15) is 59.3 Å². The lowest BCUT2D eigenvalue weighted by Crippen LogP contribution is -2.39. The Labute approximate surface area is 273 Å². The molecule has 47 heavy (non-hydrogen) atoms. The fraction of sp³-hybridized carbons (Fsp3) is 0.343. The Morgan fingerprint density at radius 1 is 0.979 bits per heavy atom. The first-order valence-corrected chi connectivity index (χ1v) is 17.1. The van der Waals surface area contributed by atoms with Gasteiger partial charge in [-0.3, -0.25) is 19.3 Å². The maximum absolute atomic E-state index is 14.0. The third-order valence-electron chi connectivity index (χ3n) is 8.67. The fourth-order valence-electron chi connectivity index (χ4n) is 6.47. The first kappa shape index (κ1) is 32.1. The van der Waals surface area contributed by atoms with Crippen molar-refractivity contribution in [2.45, 2.75) is 51.3 Å². The number of aromatic nitrogens is 1. The van der Waals surface area contributed by atoms with Crippen molar-refractivity contribution in [2.24, 2.45) is 0 Å². The van der Waals surface area contributed by atoms with Gasteiger partial charge in [0.15, 0.2) is 5.75 Å². The SMILES string of the molecule is CCOc1c2c(c(OCC)c3ncccc13)CN(c1ccc(CS(=O)(=O)NC(=O)C3(c4c(OC)cccc4OC)CC3)cc1C)C2=O. The molecule has 0 bridgehead atoms. The van der Waals surface area contributed by atoms with E-state index in [4.69, 9.17) is 18.9 Å². The fourth-order valence-corrected chi connectivity index (χ4v) is 7.64. The maximum Gasteiger partial charge on any atom is 0.262 e. The number of hydrogen-bond donors (Lipinski definition) is 1. The number of fused-ring (bicyclic) bond motifs is 2. The van der Waals surface area contributed by atoms with Crippen LogP contribution in [0, 0.1) is 6.92 Å². The number of rotatable bonds is 12. The van der Waals surface area contributed by atoms with Crippen LogP contribution in [-0.4, -0.2) is 52.6 Å². The molecule has 3 aromatic carbocycles. The number of sulfonamides is 1. The Balaban J connectivity index is 1.26. The molecule has 2 aliphatic rings. The number of nitrogens with zero attached hydrogens (tertiary/aromatic N) is 2. The number of aryl methyl sites for hydroxylation is 1. The summed E-state index contributed by atoms with van der Waals surface area (Å²) in [6, 6.07) is 14.0. The summed E-state index contributed by atoms with van der Waals surface area (Å²) < 4.78 is 51.9. The van der Waals surface area contributed by atoms with Gasteiger partial charge in [-0.25, -0.2) is 8.42 Å². The maximum atomic E-state index is 14.0. The molecule has 0 radical (unpaired) electrons. The molecular formula is C35H37N3O8S. The third-order valence-corrected chi connectivity index (χ3v) is 9.88. The number of anilines is 1. The number of methoxy groups -OCH3 is 2. The van der Waals surface area contributed by atoms with E-state index in [1.165, 1.54) is 14.2 Å². The minimum Gasteiger partial charge on any atom is -0.496 e. The molecule has 12 heteroatoms. The number of benzene rings is 3. The van der Waals surface area contributed by atoms with Crippen molar-refractivity contribution in [3.05, 3.63) is 82.5 Å². The molecule has 6 rings (SSSR count). The van der Waals surface area contributed by atoms with Crippen LogP contribution in [0.25, 0.3) is 10.9 Å². The smallest absolute Gasteiger partial charge is 0.262 e. The van der Waals surface area contributed by atoms with Gasteiger partial charge in [0.25, 0.3) is 5.91 Å². The first-order chi connectivity index (χ1) is 22.6. The minimum atomic E-state index is -4.08. The van der Waals surface area contributed by atoms with Gasteiger partial charge < -0.3 is 23.8 Å². The summed E-state index contributed by atoms with van der Waals surface area (Å²) in [5.74, 6) is 0.659. The molecular weight excluding hydrogens is 622 g/mol. The van der Waals surface area contributed by atoms with Crippen molar-refractivity contribution < 1.29 is 37.0 Å². The van der Waals surface area contributed by atoms with Crippen LogP contribution in [0.15, 0.2) is 54.7 Å². The average molecular weight is 660 g/mol. The second-order valence-corrected chi connectivity index (χ2v) is 13.3. The molecule has 1 aliphatic carbocycles. The molecule has 1 saturated carbocycles. The Morgan fingerprint density at radius 2 is 1.66 bits per heavy atom. The molecule has 246 valence electrons. The Hall–Kier alpha value is -4.84. The molecule has 2 amide bonds. The summed E-state index contributed by atoms with van der Waals surface area (Å²) >= 11 is 0. The summed E-state index contributed by atoms with van der Waals surface area (Å²) in [7, 11) is -1.08. The molecule has 1 aromatic heterocycles.